The molecule has 0 fully saturated rings. The zero-order chi connectivity index (χ0) is 35.8. The first-order valence-corrected chi connectivity index (χ1v) is 19.2. The van der Waals surface area contributed by atoms with E-state index in [2.05, 4.69) is 217 Å². The molecule has 0 saturated carbocycles. The van der Waals surface area contributed by atoms with Crippen molar-refractivity contribution in [2.75, 3.05) is 4.90 Å². The normalized spacial score (nSPS) is 11.3. The Morgan fingerprint density at radius 1 is 0.259 bits per heavy atom. The van der Waals surface area contributed by atoms with Crippen LogP contribution in [0.3, 0.4) is 0 Å². The van der Waals surface area contributed by atoms with E-state index < -0.39 is 0 Å². The molecule has 10 rings (SSSR count). The van der Waals surface area contributed by atoms with Gasteiger partial charge in [-0.25, -0.2) is 0 Å². The molecule has 0 amide bonds. The maximum absolute atomic E-state index is 2.38. The second kappa shape index (κ2) is 13.7. The molecule has 0 radical (unpaired) electrons. The number of hydrogen-bond donors (Lipinski definition) is 0. The summed E-state index contributed by atoms with van der Waals surface area (Å²) in [6.07, 6.45) is 0. The van der Waals surface area contributed by atoms with Gasteiger partial charge in [-0.2, -0.15) is 0 Å². The minimum atomic E-state index is 1.11. The highest BCUT2D eigenvalue weighted by Gasteiger charge is 2.16. The van der Waals surface area contributed by atoms with Crippen LogP contribution in [0.15, 0.2) is 212 Å². The molecule has 0 unspecified atom stereocenters. The summed E-state index contributed by atoms with van der Waals surface area (Å²) < 4.78 is 2.60. The van der Waals surface area contributed by atoms with Crippen LogP contribution in [-0.4, -0.2) is 0 Å². The Labute approximate surface area is 319 Å². The zero-order valence-electron chi connectivity index (χ0n) is 29.6. The Bertz CT molecular complexity index is 2920. The molecule has 0 aliphatic carbocycles. The van der Waals surface area contributed by atoms with E-state index in [1.807, 2.05) is 11.3 Å². The van der Waals surface area contributed by atoms with Crippen LogP contribution in [-0.2, 0) is 0 Å². The molecule has 2 heteroatoms. The second-order valence-corrected chi connectivity index (χ2v) is 14.9. The molecule has 0 N–H and O–H groups in total. The molecule has 0 atom stereocenters. The molecular formula is C52H35NS. The van der Waals surface area contributed by atoms with Gasteiger partial charge in [0.25, 0.3) is 0 Å². The topological polar surface area (TPSA) is 3.24 Å². The molecule has 254 valence electrons. The number of hydrogen-bond acceptors (Lipinski definition) is 2. The van der Waals surface area contributed by atoms with E-state index in [-0.39, 0.29) is 0 Å². The van der Waals surface area contributed by atoms with Gasteiger partial charge in [0.05, 0.1) is 0 Å². The fraction of sp³-hybridized carbons (Fsp3) is 0. The first-order chi connectivity index (χ1) is 26.7. The van der Waals surface area contributed by atoms with E-state index in [9.17, 15) is 0 Å². The van der Waals surface area contributed by atoms with Gasteiger partial charge < -0.3 is 4.90 Å². The molecule has 0 bridgehead atoms. The van der Waals surface area contributed by atoms with Crippen molar-refractivity contribution in [3.63, 3.8) is 0 Å². The molecule has 10 aromatic rings. The predicted octanol–water partition coefficient (Wildman–Crippen LogP) is 15.3. The minimum absolute atomic E-state index is 1.11. The highest BCUT2D eigenvalue weighted by molar-refractivity contribution is 7.25. The van der Waals surface area contributed by atoms with Crippen molar-refractivity contribution in [2.45, 2.75) is 0 Å². The molecule has 0 aliphatic rings. The third-order valence-corrected chi connectivity index (χ3v) is 11.6. The van der Waals surface area contributed by atoms with Gasteiger partial charge in [0.15, 0.2) is 0 Å². The van der Waals surface area contributed by atoms with Crippen molar-refractivity contribution in [3.8, 4) is 44.5 Å². The number of thiophene rings is 1. The zero-order valence-corrected chi connectivity index (χ0v) is 30.4. The van der Waals surface area contributed by atoms with Crippen LogP contribution >= 0.6 is 11.3 Å². The summed E-state index contributed by atoms with van der Waals surface area (Å²) in [5.41, 5.74) is 13.0. The third kappa shape index (κ3) is 6.03. The highest BCUT2D eigenvalue weighted by Crippen LogP contribution is 2.42. The van der Waals surface area contributed by atoms with E-state index in [0.29, 0.717) is 0 Å². The lowest BCUT2D eigenvalue weighted by atomic mass is 9.97. The summed E-state index contributed by atoms with van der Waals surface area (Å²) in [5, 5.41) is 5.13. The fourth-order valence-electron chi connectivity index (χ4n) is 7.66. The van der Waals surface area contributed by atoms with Gasteiger partial charge in [-0.1, -0.05) is 152 Å². The van der Waals surface area contributed by atoms with Crippen LogP contribution in [0.2, 0.25) is 0 Å². The lowest BCUT2D eigenvalue weighted by molar-refractivity contribution is 1.29. The summed E-state index contributed by atoms with van der Waals surface area (Å²) in [7, 11) is 0. The number of fused-ring (bicyclic) bond motifs is 4. The number of anilines is 3. The largest absolute Gasteiger partial charge is 0.310 e. The SMILES string of the molecule is c1ccc(-c2cccc(-c3ccc(N(c4ccc(-c5cccc(-c6ccc7ccccc7c6)c5)cc4)c4ccc5c(c4)sc4ccccc45)cc3)c2)cc1. The average molecular weight is 706 g/mol. The predicted molar refractivity (Wildman–Crippen MR) is 233 cm³/mol. The number of benzene rings is 9. The molecule has 54 heavy (non-hydrogen) atoms. The molecule has 1 nitrogen and oxygen atoms in total. The van der Waals surface area contributed by atoms with Gasteiger partial charge in [0, 0.05) is 37.2 Å². The Hall–Kier alpha value is -6.74. The number of rotatable bonds is 7. The van der Waals surface area contributed by atoms with Gasteiger partial charge in [-0.15, -0.1) is 11.3 Å². The molecule has 0 aliphatic heterocycles. The van der Waals surface area contributed by atoms with Crippen LogP contribution in [0.1, 0.15) is 0 Å². The quantitative estimate of drug-likeness (QED) is 0.160. The summed E-state index contributed by atoms with van der Waals surface area (Å²) in [5.74, 6) is 0. The van der Waals surface area contributed by atoms with E-state index in [0.717, 1.165) is 17.1 Å². The van der Waals surface area contributed by atoms with Crippen LogP contribution in [0, 0.1) is 0 Å². The third-order valence-electron chi connectivity index (χ3n) is 10.5. The first-order valence-electron chi connectivity index (χ1n) is 18.4. The van der Waals surface area contributed by atoms with Crippen LogP contribution in [0.25, 0.3) is 75.5 Å². The van der Waals surface area contributed by atoms with E-state index >= 15 is 0 Å². The number of nitrogens with zero attached hydrogens (tertiary/aromatic N) is 1. The Morgan fingerprint density at radius 3 is 1.39 bits per heavy atom. The van der Waals surface area contributed by atoms with Gasteiger partial charge in [0.1, 0.15) is 0 Å². The van der Waals surface area contributed by atoms with Gasteiger partial charge in [-0.05, 0) is 116 Å². The Kier molecular flexibility index (Phi) is 8.09. The molecular weight excluding hydrogens is 671 g/mol. The second-order valence-electron chi connectivity index (χ2n) is 13.8. The molecule has 1 heterocycles. The molecule has 9 aromatic carbocycles. The minimum Gasteiger partial charge on any atom is -0.310 e. The monoisotopic (exact) mass is 705 g/mol. The van der Waals surface area contributed by atoms with Crippen LogP contribution < -0.4 is 4.90 Å². The van der Waals surface area contributed by atoms with Crippen molar-refractivity contribution in [1.29, 1.82) is 0 Å². The van der Waals surface area contributed by atoms with Crippen LogP contribution in [0.5, 0.6) is 0 Å². The maximum Gasteiger partial charge on any atom is 0.0476 e. The lowest BCUT2D eigenvalue weighted by Gasteiger charge is -2.26. The van der Waals surface area contributed by atoms with Crippen LogP contribution in [0.4, 0.5) is 17.1 Å². The van der Waals surface area contributed by atoms with Gasteiger partial charge in [0.2, 0.25) is 0 Å². The fourth-order valence-corrected chi connectivity index (χ4v) is 8.80. The van der Waals surface area contributed by atoms with Gasteiger partial charge >= 0.3 is 0 Å². The van der Waals surface area contributed by atoms with Crippen molar-refractivity contribution < 1.29 is 0 Å². The summed E-state index contributed by atoms with van der Waals surface area (Å²) in [6, 6.07) is 77.2. The average Bonchev–Trinajstić information content (AvgIpc) is 3.62. The summed E-state index contributed by atoms with van der Waals surface area (Å²) in [6.45, 7) is 0. The van der Waals surface area contributed by atoms with Gasteiger partial charge in [-0.3, -0.25) is 0 Å². The van der Waals surface area contributed by atoms with Crippen molar-refractivity contribution in [2.24, 2.45) is 0 Å². The standard InChI is InChI=1S/C52H35NS/c1-2-10-36(11-3-1)41-14-8-15-42(32-41)38-22-26-46(27-23-38)53(48-30-31-50-49-18-6-7-19-51(49)54-52(50)35-48)47-28-24-39(25-29-47)43-16-9-17-44(33-43)45-21-20-37-12-4-5-13-40(37)34-45/h1-35H. The van der Waals surface area contributed by atoms with E-state index in [1.165, 1.54) is 75.5 Å². The van der Waals surface area contributed by atoms with Crippen molar-refractivity contribution in [3.05, 3.63) is 212 Å². The van der Waals surface area contributed by atoms with Crippen molar-refractivity contribution >= 4 is 59.3 Å². The molecule has 0 saturated heterocycles. The van der Waals surface area contributed by atoms with E-state index in [4.69, 9.17) is 0 Å². The Balaban J connectivity index is 1.02. The summed E-state index contributed by atoms with van der Waals surface area (Å²) in [4.78, 5) is 2.38. The van der Waals surface area contributed by atoms with E-state index in [1.54, 1.807) is 0 Å². The lowest BCUT2D eigenvalue weighted by Crippen LogP contribution is -2.09. The molecule has 0 spiro atoms. The summed E-state index contributed by atoms with van der Waals surface area (Å²) >= 11 is 1.86. The molecule has 1 aromatic heterocycles. The smallest absolute Gasteiger partial charge is 0.0476 e. The Morgan fingerprint density at radius 2 is 0.722 bits per heavy atom. The van der Waals surface area contributed by atoms with Crippen molar-refractivity contribution in [1.82, 2.24) is 0 Å². The highest BCUT2D eigenvalue weighted by atomic mass is 32.1. The first kappa shape index (κ1) is 32.0. The maximum atomic E-state index is 2.38.